The minimum Gasteiger partial charge on any atom is -0.496 e. The smallest absolute Gasteiger partial charge is 0.136 e. The van der Waals surface area contributed by atoms with Crippen molar-refractivity contribution in [3.63, 3.8) is 0 Å². The molecule has 2 N–H and O–H groups in total. The number of methoxy groups -OCH3 is 2. The molecule has 0 aliphatic carbocycles. The first-order chi connectivity index (χ1) is 7.51. The molecule has 0 saturated carbocycles. The Morgan fingerprint density at radius 2 is 2.00 bits per heavy atom. The Kier molecular flexibility index (Phi) is 4.62. The molecule has 0 aromatic heterocycles. The van der Waals surface area contributed by atoms with Crippen LogP contribution in [-0.4, -0.2) is 20.3 Å². The van der Waals surface area contributed by atoms with Crippen LogP contribution in [0.25, 0.3) is 0 Å². The summed E-state index contributed by atoms with van der Waals surface area (Å²) in [7, 11) is 3.33. The first-order valence-electron chi connectivity index (χ1n) is 5.16. The topological polar surface area (TPSA) is 44.5 Å². The predicted octanol–water partition coefficient (Wildman–Crippen LogP) is 2.66. The lowest BCUT2D eigenvalue weighted by Crippen LogP contribution is -2.18. The van der Waals surface area contributed by atoms with Gasteiger partial charge in [-0.05, 0) is 47.8 Å². The second-order valence-corrected chi connectivity index (χ2v) is 4.70. The average molecular weight is 288 g/mol. The summed E-state index contributed by atoms with van der Waals surface area (Å²) in [4.78, 5) is 0. The van der Waals surface area contributed by atoms with Crippen LogP contribution in [0.3, 0.4) is 0 Å². The number of ether oxygens (including phenoxy) is 2. The summed E-state index contributed by atoms with van der Waals surface area (Å²) in [5.74, 6) is 1.69. The van der Waals surface area contributed by atoms with Gasteiger partial charge < -0.3 is 15.2 Å². The minimum atomic E-state index is 0.0811. The lowest BCUT2D eigenvalue weighted by molar-refractivity contribution is 0.393. The molecule has 0 amide bonds. The largest absolute Gasteiger partial charge is 0.496 e. The zero-order chi connectivity index (χ0) is 12.3. The molecular formula is C12H18BrNO2. The second kappa shape index (κ2) is 5.55. The fraction of sp³-hybridized carbons (Fsp3) is 0.500. The van der Waals surface area contributed by atoms with E-state index < -0.39 is 0 Å². The van der Waals surface area contributed by atoms with E-state index in [0.717, 1.165) is 33.5 Å². The maximum Gasteiger partial charge on any atom is 0.136 e. The van der Waals surface area contributed by atoms with Crippen molar-refractivity contribution in [2.75, 3.05) is 14.2 Å². The quantitative estimate of drug-likeness (QED) is 0.926. The van der Waals surface area contributed by atoms with Gasteiger partial charge in [0.05, 0.1) is 18.7 Å². The molecule has 0 aliphatic rings. The SMILES string of the molecule is COc1cc(C)c(OC)c(Br)c1CC(C)N. The van der Waals surface area contributed by atoms with Gasteiger partial charge >= 0.3 is 0 Å². The monoisotopic (exact) mass is 287 g/mol. The van der Waals surface area contributed by atoms with Crippen LogP contribution in [0.2, 0.25) is 0 Å². The molecule has 16 heavy (non-hydrogen) atoms. The maximum absolute atomic E-state index is 5.83. The van der Waals surface area contributed by atoms with E-state index >= 15 is 0 Å². The van der Waals surface area contributed by atoms with E-state index in [9.17, 15) is 0 Å². The summed E-state index contributed by atoms with van der Waals surface area (Å²) >= 11 is 3.55. The Morgan fingerprint density at radius 1 is 1.38 bits per heavy atom. The molecule has 1 aromatic carbocycles. The lowest BCUT2D eigenvalue weighted by atomic mass is 10.0. The molecular weight excluding hydrogens is 270 g/mol. The van der Waals surface area contributed by atoms with Crippen LogP contribution >= 0.6 is 15.9 Å². The molecule has 0 fully saturated rings. The molecule has 3 nitrogen and oxygen atoms in total. The highest BCUT2D eigenvalue weighted by molar-refractivity contribution is 9.10. The molecule has 1 atom stereocenters. The summed E-state index contributed by atoms with van der Waals surface area (Å²) in [6.45, 7) is 3.96. The molecule has 0 bridgehead atoms. The number of aryl methyl sites for hydroxylation is 1. The number of nitrogens with two attached hydrogens (primary N) is 1. The Morgan fingerprint density at radius 3 is 2.44 bits per heavy atom. The van der Waals surface area contributed by atoms with Gasteiger partial charge in [0.15, 0.2) is 0 Å². The van der Waals surface area contributed by atoms with Gasteiger partial charge in [-0.2, -0.15) is 0 Å². The van der Waals surface area contributed by atoms with Crippen LogP contribution < -0.4 is 15.2 Å². The predicted molar refractivity (Wildman–Crippen MR) is 69.3 cm³/mol. The molecule has 0 spiro atoms. The summed E-state index contributed by atoms with van der Waals surface area (Å²) < 4.78 is 11.7. The van der Waals surface area contributed by atoms with Crippen molar-refractivity contribution in [3.8, 4) is 11.5 Å². The Balaban J connectivity index is 3.31. The van der Waals surface area contributed by atoms with E-state index in [2.05, 4.69) is 15.9 Å². The molecule has 1 aromatic rings. The number of halogens is 1. The number of rotatable bonds is 4. The minimum absolute atomic E-state index is 0.0811. The van der Waals surface area contributed by atoms with Crippen LogP contribution in [0.15, 0.2) is 10.5 Å². The molecule has 0 heterocycles. The van der Waals surface area contributed by atoms with Gasteiger partial charge in [0.2, 0.25) is 0 Å². The Labute approximate surface area is 105 Å². The van der Waals surface area contributed by atoms with Crippen LogP contribution in [0.5, 0.6) is 11.5 Å². The van der Waals surface area contributed by atoms with Crippen molar-refractivity contribution >= 4 is 15.9 Å². The van der Waals surface area contributed by atoms with Crippen molar-refractivity contribution in [3.05, 3.63) is 21.7 Å². The summed E-state index contributed by atoms with van der Waals surface area (Å²) in [6.07, 6.45) is 0.750. The maximum atomic E-state index is 5.83. The third-order valence-corrected chi connectivity index (χ3v) is 3.26. The molecule has 0 saturated heterocycles. The second-order valence-electron chi connectivity index (χ2n) is 3.90. The molecule has 0 aliphatic heterocycles. The van der Waals surface area contributed by atoms with Crippen molar-refractivity contribution in [1.82, 2.24) is 0 Å². The fourth-order valence-electron chi connectivity index (χ4n) is 1.71. The Hall–Kier alpha value is -0.740. The van der Waals surface area contributed by atoms with Crippen LogP contribution in [-0.2, 0) is 6.42 Å². The van der Waals surface area contributed by atoms with Gasteiger partial charge in [-0.25, -0.2) is 0 Å². The van der Waals surface area contributed by atoms with E-state index in [-0.39, 0.29) is 6.04 Å². The number of hydrogen-bond acceptors (Lipinski definition) is 3. The van der Waals surface area contributed by atoms with Crippen molar-refractivity contribution < 1.29 is 9.47 Å². The summed E-state index contributed by atoms with van der Waals surface area (Å²) in [5, 5.41) is 0. The van der Waals surface area contributed by atoms with Crippen molar-refractivity contribution in [1.29, 1.82) is 0 Å². The third-order valence-electron chi connectivity index (χ3n) is 2.42. The van der Waals surface area contributed by atoms with Gasteiger partial charge in [0.1, 0.15) is 11.5 Å². The van der Waals surface area contributed by atoms with Gasteiger partial charge in [-0.3, -0.25) is 0 Å². The average Bonchev–Trinajstić information content (AvgIpc) is 2.22. The normalized spacial score (nSPS) is 12.4. The first-order valence-corrected chi connectivity index (χ1v) is 5.96. The van der Waals surface area contributed by atoms with Crippen LogP contribution in [0, 0.1) is 6.92 Å². The van der Waals surface area contributed by atoms with Gasteiger partial charge in [0, 0.05) is 11.6 Å². The number of benzene rings is 1. The summed E-state index contributed by atoms with van der Waals surface area (Å²) in [5.41, 5.74) is 7.93. The standard InChI is InChI=1S/C12H18BrNO2/c1-7-5-10(15-3)9(6-8(2)14)11(13)12(7)16-4/h5,8H,6,14H2,1-4H3. The number of hydrogen-bond donors (Lipinski definition) is 1. The molecule has 4 heteroatoms. The van der Waals surface area contributed by atoms with Gasteiger partial charge in [0.25, 0.3) is 0 Å². The fourth-order valence-corrected chi connectivity index (χ4v) is 2.54. The Bertz CT molecular complexity index is 378. The third kappa shape index (κ3) is 2.68. The molecule has 0 radical (unpaired) electrons. The van der Waals surface area contributed by atoms with Gasteiger partial charge in [-0.15, -0.1) is 0 Å². The molecule has 1 rings (SSSR count). The van der Waals surface area contributed by atoms with Crippen molar-refractivity contribution in [2.45, 2.75) is 26.3 Å². The summed E-state index contributed by atoms with van der Waals surface area (Å²) in [6, 6.07) is 2.05. The van der Waals surface area contributed by atoms with E-state index in [1.807, 2.05) is 19.9 Å². The zero-order valence-corrected chi connectivity index (χ0v) is 11.7. The van der Waals surface area contributed by atoms with Crippen LogP contribution in [0.4, 0.5) is 0 Å². The highest BCUT2D eigenvalue weighted by atomic mass is 79.9. The van der Waals surface area contributed by atoms with E-state index in [4.69, 9.17) is 15.2 Å². The molecule has 90 valence electrons. The highest BCUT2D eigenvalue weighted by Crippen LogP contribution is 2.38. The van der Waals surface area contributed by atoms with Crippen molar-refractivity contribution in [2.24, 2.45) is 5.73 Å². The van der Waals surface area contributed by atoms with E-state index in [1.54, 1.807) is 14.2 Å². The first kappa shape index (κ1) is 13.3. The van der Waals surface area contributed by atoms with Gasteiger partial charge in [-0.1, -0.05) is 0 Å². The lowest BCUT2D eigenvalue weighted by Gasteiger charge is -2.17. The molecule has 1 unspecified atom stereocenters. The van der Waals surface area contributed by atoms with E-state index in [1.165, 1.54) is 0 Å². The zero-order valence-electron chi connectivity index (χ0n) is 10.1. The van der Waals surface area contributed by atoms with E-state index in [0.29, 0.717) is 0 Å². The van der Waals surface area contributed by atoms with Crippen LogP contribution in [0.1, 0.15) is 18.1 Å². The highest BCUT2D eigenvalue weighted by Gasteiger charge is 2.16.